The van der Waals surface area contributed by atoms with Gasteiger partial charge in [-0.15, -0.1) is 0 Å². The summed E-state index contributed by atoms with van der Waals surface area (Å²) in [5.74, 6) is -0.111. The van der Waals surface area contributed by atoms with Crippen molar-refractivity contribution in [2.24, 2.45) is 0 Å². The lowest BCUT2D eigenvalue weighted by atomic mass is 9.89. The van der Waals surface area contributed by atoms with Crippen LogP contribution in [0.3, 0.4) is 0 Å². The molecule has 0 bridgehead atoms. The maximum Gasteiger partial charge on any atom is 0.128 e. The van der Waals surface area contributed by atoms with E-state index in [1.54, 1.807) is 6.08 Å². The third-order valence-electron chi connectivity index (χ3n) is 3.32. The van der Waals surface area contributed by atoms with Crippen molar-refractivity contribution in [1.82, 2.24) is 0 Å². The van der Waals surface area contributed by atoms with Crippen molar-refractivity contribution in [3.63, 3.8) is 0 Å². The summed E-state index contributed by atoms with van der Waals surface area (Å²) in [6.45, 7) is 2.16. The van der Waals surface area contributed by atoms with Crippen LogP contribution in [0.25, 0.3) is 5.57 Å². The van der Waals surface area contributed by atoms with Crippen LogP contribution < -0.4 is 0 Å². The lowest BCUT2D eigenvalue weighted by Gasteiger charge is -2.27. The van der Waals surface area contributed by atoms with Crippen molar-refractivity contribution in [2.75, 3.05) is 0 Å². The van der Waals surface area contributed by atoms with E-state index in [0.29, 0.717) is 0 Å². The number of hydrogen-bond donors (Lipinski definition) is 0. The molecule has 0 saturated heterocycles. The van der Waals surface area contributed by atoms with Gasteiger partial charge in [-0.25, -0.2) is 4.39 Å². The molecule has 1 atom stereocenters. The van der Waals surface area contributed by atoms with Gasteiger partial charge in [0.25, 0.3) is 0 Å². The molecule has 1 aromatic carbocycles. The Morgan fingerprint density at radius 1 is 1.28 bits per heavy atom. The molecule has 1 aromatic rings. The first-order chi connectivity index (χ1) is 8.64. The molecule has 0 radical (unpaired) electrons. The van der Waals surface area contributed by atoms with Crippen LogP contribution in [-0.2, 0) is 0 Å². The molecule has 1 unspecified atom stereocenters. The van der Waals surface area contributed by atoms with Gasteiger partial charge in [0.15, 0.2) is 0 Å². The standard InChI is InChI=1S/C16H18BrF/c1-2-3-10-16(17)11-9-14(15(18)12-16)13-7-5-4-6-8-13/h4-9,12H,2-3,10-11H2,1H3. The first kappa shape index (κ1) is 13.5. The smallest absolute Gasteiger partial charge is 0.128 e. The maximum atomic E-state index is 14.2. The highest BCUT2D eigenvalue weighted by Gasteiger charge is 2.28. The zero-order chi connectivity index (χ0) is 13.0. The second kappa shape index (κ2) is 5.83. The topological polar surface area (TPSA) is 0 Å². The predicted molar refractivity (Wildman–Crippen MR) is 79.4 cm³/mol. The van der Waals surface area contributed by atoms with Gasteiger partial charge >= 0.3 is 0 Å². The lowest BCUT2D eigenvalue weighted by molar-refractivity contribution is 0.578. The molecule has 18 heavy (non-hydrogen) atoms. The van der Waals surface area contributed by atoms with Crippen molar-refractivity contribution >= 4 is 21.5 Å². The van der Waals surface area contributed by atoms with Crippen LogP contribution >= 0.6 is 15.9 Å². The normalized spacial score (nSPS) is 23.5. The van der Waals surface area contributed by atoms with Gasteiger partial charge < -0.3 is 0 Å². The van der Waals surface area contributed by atoms with Gasteiger partial charge in [-0.1, -0.05) is 72.1 Å². The molecule has 0 fully saturated rings. The Morgan fingerprint density at radius 2 is 2.00 bits per heavy atom. The van der Waals surface area contributed by atoms with Gasteiger partial charge in [0.1, 0.15) is 5.83 Å². The lowest BCUT2D eigenvalue weighted by Crippen LogP contribution is -2.19. The van der Waals surface area contributed by atoms with Gasteiger partial charge in [0.2, 0.25) is 0 Å². The van der Waals surface area contributed by atoms with Crippen LogP contribution in [-0.4, -0.2) is 4.32 Å². The largest absolute Gasteiger partial charge is 0.207 e. The third-order valence-corrected chi connectivity index (χ3v) is 4.27. The van der Waals surface area contributed by atoms with Crippen LogP contribution in [0.2, 0.25) is 0 Å². The highest BCUT2D eigenvalue weighted by atomic mass is 79.9. The molecule has 0 N–H and O–H groups in total. The summed E-state index contributed by atoms with van der Waals surface area (Å²) in [6, 6.07) is 9.73. The van der Waals surface area contributed by atoms with Crippen molar-refractivity contribution in [2.45, 2.75) is 36.9 Å². The molecule has 0 amide bonds. The van der Waals surface area contributed by atoms with Crippen LogP contribution in [0.1, 0.15) is 38.2 Å². The Kier molecular flexibility index (Phi) is 4.39. The fourth-order valence-corrected chi connectivity index (χ4v) is 2.89. The zero-order valence-corrected chi connectivity index (χ0v) is 12.2. The van der Waals surface area contributed by atoms with Gasteiger partial charge in [-0.3, -0.25) is 0 Å². The Bertz CT molecular complexity index is 461. The summed E-state index contributed by atoms with van der Waals surface area (Å²) in [6.07, 6.45) is 7.84. The highest BCUT2D eigenvalue weighted by Crippen LogP contribution is 2.40. The summed E-state index contributed by atoms with van der Waals surface area (Å²) in [7, 11) is 0. The predicted octanol–water partition coefficient (Wildman–Crippen LogP) is 5.65. The zero-order valence-electron chi connectivity index (χ0n) is 10.6. The van der Waals surface area contributed by atoms with E-state index in [0.717, 1.165) is 36.8 Å². The second-order valence-electron chi connectivity index (χ2n) is 4.82. The van der Waals surface area contributed by atoms with E-state index >= 15 is 0 Å². The number of alkyl halides is 1. The quantitative estimate of drug-likeness (QED) is 0.630. The van der Waals surface area contributed by atoms with Crippen LogP contribution in [0.5, 0.6) is 0 Å². The summed E-state index contributed by atoms with van der Waals surface area (Å²) in [5.41, 5.74) is 1.68. The van der Waals surface area contributed by atoms with E-state index in [-0.39, 0.29) is 10.2 Å². The second-order valence-corrected chi connectivity index (χ2v) is 6.40. The van der Waals surface area contributed by atoms with Crippen LogP contribution in [0, 0.1) is 0 Å². The van der Waals surface area contributed by atoms with E-state index in [1.165, 1.54) is 0 Å². The van der Waals surface area contributed by atoms with Gasteiger partial charge in [-0.05, 0) is 24.5 Å². The minimum absolute atomic E-state index is 0.111. The first-order valence-corrected chi connectivity index (χ1v) is 7.27. The van der Waals surface area contributed by atoms with Gasteiger partial charge in [-0.2, -0.15) is 0 Å². The van der Waals surface area contributed by atoms with E-state index in [4.69, 9.17) is 0 Å². The van der Waals surface area contributed by atoms with E-state index < -0.39 is 0 Å². The van der Waals surface area contributed by atoms with Crippen LogP contribution in [0.15, 0.2) is 48.3 Å². The summed E-state index contributed by atoms with van der Waals surface area (Å²) < 4.78 is 14.0. The molecule has 0 nitrogen and oxygen atoms in total. The first-order valence-electron chi connectivity index (χ1n) is 6.48. The fraction of sp³-hybridized carbons (Fsp3) is 0.375. The van der Waals surface area contributed by atoms with Crippen molar-refractivity contribution in [3.8, 4) is 0 Å². The number of halogens is 2. The Hall–Kier alpha value is -0.890. The van der Waals surface area contributed by atoms with Gasteiger partial charge in [0, 0.05) is 5.57 Å². The molecule has 96 valence electrons. The van der Waals surface area contributed by atoms with Gasteiger partial charge in [0.05, 0.1) is 4.32 Å². The summed E-state index contributed by atoms with van der Waals surface area (Å²) in [5, 5.41) is 0. The SMILES string of the molecule is CCCCC1(Br)C=C(F)C(c2ccccc2)=CC1. The number of hydrogen-bond acceptors (Lipinski definition) is 0. The molecule has 1 aliphatic carbocycles. The Morgan fingerprint density at radius 3 is 2.61 bits per heavy atom. The molecule has 0 heterocycles. The molecular weight excluding hydrogens is 291 g/mol. The molecule has 1 aliphatic rings. The number of benzene rings is 1. The summed E-state index contributed by atoms with van der Waals surface area (Å²) >= 11 is 3.68. The molecule has 0 aliphatic heterocycles. The maximum absolute atomic E-state index is 14.2. The Labute approximate surface area is 117 Å². The number of rotatable bonds is 4. The molecule has 0 aromatic heterocycles. The highest BCUT2D eigenvalue weighted by molar-refractivity contribution is 9.10. The average Bonchev–Trinajstić information content (AvgIpc) is 2.38. The fourth-order valence-electron chi connectivity index (χ4n) is 2.25. The summed E-state index contributed by atoms with van der Waals surface area (Å²) in [4.78, 5) is 0. The van der Waals surface area contributed by atoms with E-state index in [9.17, 15) is 4.39 Å². The van der Waals surface area contributed by atoms with Crippen molar-refractivity contribution in [3.05, 3.63) is 53.9 Å². The minimum atomic E-state index is -0.189. The van der Waals surface area contributed by atoms with E-state index in [2.05, 4.69) is 22.9 Å². The Balaban J connectivity index is 2.18. The molecule has 2 heteroatoms. The number of unbranched alkanes of at least 4 members (excludes halogenated alkanes) is 1. The van der Waals surface area contributed by atoms with E-state index in [1.807, 2.05) is 36.4 Å². The minimum Gasteiger partial charge on any atom is -0.207 e. The average molecular weight is 309 g/mol. The van der Waals surface area contributed by atoms with Crippen molar-refractivity contribution in [1.29, 1.82) is 0 Å². The third kappa shape index (κ3) is 3.11. The molecule has 0 spiro atoms. The molecule has 0 saturated carbocycles. The number of allylic oxidation sites excluding steroid dienone is 4. The van der Waals surface area contributed by atoms with Crippen molar-refractivity contribution < 1.29 is 4.39 Å². The molecule has 2 rings (SSSR count). The monoisotopic (exact) mass is 308 g/mol. The molecular formula is C16H18BrF. The van der Waals surface area contributed by atoms with Crippen LogP contribution in [0.4, 0.5) is 4.39 Å².